The number of anilines is 1. The molecule has 0 radical (unpaired) electrons. The van der Waals surface area contributed by atoms with E-state index in [0.717, 1.165) is 25.6 Å². The lowest BCUT2D eigenvalue weighted by Crippen LogP contribution is -2.27. The van der Waals surface area contributed by atoms with E-state index in [9.17, 15) is 9.59 Å². The number of halogens is 1. The fourth-order valence-electron chi connectivity index (χ4n) is 3.53. The average Bonchev–Trinajstić information content (AvgIpc) is 3.10. The van der Waals surface area contributed by atoms with Crippen molar-refractivity contribution < 1.29 is 23.8 Å². The van der Waals surface area contributed by atoms with Gasteiger partial charge >= 0.3 is 5.97 Å². The van der Waals surface area contributed by atoms with Crippen LogP contribution in [-0.4, -0.2) is 36.5 Å². The Labute approximate surface area is 220 Å². The van der Waals surface area contributed by atoms with Crippen LogP contribution in [0.15, 0.2) is 59.5 Å². The lowest BCUT2D eigenvalue weighted by atomic mass is 10.1. The van der Waals surface area contributed by atoms with Crippen LogP contribution >= 0.6 is 46.6 Å². The molecule has 0 unspecified atom stereocenters. The van der Waals surface area contributed by atoms with Crippen molar-refractivity contribution in [2.75, 3.05) is 25.2 Å². The molecule has 3 aromatic carbocycles. The zero-order chi connectivity index (χ0) is 24.2. The van der Waals surface area contributed by atoms with E-state index in [1.807, 2.05) is 48.5 Å². The molecule has 9 heteroatoms. The Balaban J connectivity index is 1.63. The van der Waals surface area contributed by atoms with Crippen molar-refractivity contribution in [1.82, 2.24) is 0 Å². The number of amides is 1. The number of thioether (sulfide) groups is 1. The van der Waals surface area contributed by atoms with Crippen LogP contribution < -0.4 is 14.4 Å². The molecule has 34 heavy (non-hydrogen) atoms. The molecule has 0 bridgehead atoms. The summed E-state index contributed by atoms with van der Waals surface area (Å²) in [5, 5.41) is 2.00. The van der Waals surface area contributed by atoms with Gasteiger partial charge in [0.2, 0.25) is 0 Å². The van der Waals surface area contributed by atoms with Gasteiger partial charge in [0.1, 0.15) is 0 Å². The van der Waals surface area contributed by atoms with Crippen molar-refractivity contribution in [2.45, 2.75) is 6.92 Å². The van der Waals surface area contributed by atoms with Gasteiger partial charge in [0, 0.05) is 5.39 Å². The van der Waals surface area contributed by atoms with E-state index in [1.165, 1.54) is 18.9 Å². The number of fused-ring (bicyclic) bond motifs is 1. The lowest BCUT2D eigenvalue weighted by Gasteiger charge is -2.17. The first kappa shape index (κ1) is 24.5. The predicted octanol–water partition coefficient (Wildman–Crippen LogP) is 5.80. The van der Waals surface area contributed by atoms with Crippen molar-refractivity contribution in [2.24, 2.45) is 0 Å². The summed E-state index contributed by atoms with van der Waals surface area (Å²) >= 11 is 8.93. The quantitative estimate of drug-likeness (QED) is 0.146. The standard InChI is InChI=1S/C25H20INO5S2/c1-3-31-22(28)14-32-23-18(26)11-15(12-20(23)30-2)13-21-24(29)27(25(33)34-21)19-10-6-8-16-7-4-5-9-17(16)19/h4-13H,3,14H2,1-2H3/b21-13-. The number of methoxy groups -OCH3 is 1. The Bertz CT molecular complexity index is 1320. The van der Waals surface area contributed by atoms with Gasteiger partial charge in [-0.2, -0.15) is 0 Å². The Morgan fingerprint density at radius 1 is 1.18 bits per heavy atom. The monoisotopic (exact) mass is 605 g/mol. The van der Waals surface area contributed by atoms with Crippen molar-refractivity contribution in [3.8, 4) is 11.5 Å². The van der Waals surface area contributed by atoms with E-state index < -0.39 is 5.97 Å². The predicted molar refractivity (Wildman–Crippen MR) is 147 cm³/mol. The van der Waals surface area contributed by atoms with Crippen molar-refractivity contribution >= 4 is 85.3 Å². The number of hydrogen-bond acceptors (Lipinski definition) is 7. The summed E-state index contributed by atoms with van der Waals surface area (Å²) in [5.74, 6) is 0.257. The molecule has 0 saturated carbocycles. The summed E-state index contributed by atoms with van der Waals surface area (Å²) in [6.07, 6.45) is 1.78. The number of hydrogen-bond donors (Lipinski definition) is 0. The van der Waals surface area contributed by atoms with E-state index in [4.69, 9.17) is 26.4 Å². The van der Waals surface area contributed by atoms with Crippen molar-refractivity contribution in [3.05, 3.63) is 68.6 Å². The maximum atomic E-state index is 13.3. The molecule has 0 aromatic heterocycles. The van der Waals surface area contributed by atoms with Gasteiger partial charge in [-0.25, -0.2) is 4.79 Å². The number of nitrogens with zero attached hydrogens (tertiary/aromatic N) is 1. The molecule has 1 aliphatic heterocycles. The smallest absolute Gasteiger partial charge is 0.344 e. The molecule has 0 aliphatic carbocycles. The molecule has 1 saturated heterocycles. The van der Waals surface area contributed by atoms with E-state index in [0.29, 0.717) is 20.7 Å². The van der Waals surface area contributed by atoms with Crippen LogP contribution in [-0.2, 0) is 14.3 Å². The first-order chi connectivity index (χ1) is 16.4. The number of carbonyl (C=O) groups excluding carboxylic acids is 2. The number of thiocarbonyl (C=S) groups is 1. The topological polar surface area (TPSA) is 65.1 Å². The minimum Gasteiger partial charge on any atom is -0.493 e. The maximum Gasteiger partial charge on any atom is 0.344 e. The molecule has 1 fully saturated rings. The molecule has 174 valence electrons. The Kier molecular flexibility index (Phi) is 7.74. The van der Waals surface area contributed by atoms with Crippen LogP contribution in [0.2, 0.25) is 0 Å². The normalized spacial score (nSPS) is 14.7. The van der Waals surface area contributed by atoms with Crippen molar-refractivity contribution in [3.63, 3.8) is 0 Å². The largest absolute Gasteiger partial charge is 0.493 e. The Morgan fingerprint density at radius 2 is 1.94 bits per heavy atom. The zero-order valence-electron chi connectivity index (χ0n) is 18.4. The summed E-state index contributed by atoms with van der Waals surface area (Å²) in [6, 6.07) is 17.3. The number of esters is 1. The van der Waals surface area contributed by atoms with E-state index >= 15 is 0 Å². The first-order valence-corrected chi connectivity index (χ1v) is 12.6. The van der Waals surface area contributed by atoms with Gasteiger partial charge < -0.3 is 14.2 Å². The third-order valence-electron chi connectivity index (χ3n) is 4.99. The summed E-state index contributed by atoms with van der Waals surface area (Å²) < 4.78 is 17.2. The molecular formula is C25H20INO5S2. The highest BCUT2D eigenvalue weighted by molar-refractivity contribution is 14.1. The number of benzene rings is 3. The molecule has 1 heterocycles. The second kappa shape index (κ2) is 10.7. The van der Waals surface area contributed by atoms with Gasteiger partial charge in [-0.05, 0) is 64.7 Å². The second-order valence-electron chi connectivity index (χ2n) is 7.14. The van der Waals surface area contributed by atoms with Crippen LogP contribution in [0, 0.1) is 3.57 Å². The molecule has 0 spiro atoms. The number of carbonyl (C=O) groups is 2. The third kappa shape index (κ3) is 5.06. The van der Waals surface area contributed by atoms with Crippen LogP contribution in [0.4, 0.5) is 5.69 Å². The summed E-state index contributed by atoms with van der Waals surface area (Å²) in [5.41, 5.74) is 1.52. The average molecular weight is 605 g/mol. The van der Waals surface area contributed by atoms with Gasteiger partial charge in [-0.3, -0.25) is 9.69 Å². The van der Waals surface area contributed by atoms with Gasteiger partial charge in [-0.1, -0.05) is 60.4 Å². The molecule has 1 aliphatic rings. The summed E-state index contributed by atoms with van der Waals surface area (Å²) in [6.45, 7) is 1.80. The Hall–Kier alpha value is -2.63. The molecule has 4 rings (SSSR count). The highest BCUT2D eigenvalue weighted by Gasteiger charge is 2.34. The maximum absolute atomic E-state index is 13.3. The second-order valence-corrected chi connectivity index (χ2v) is 9.98. The molecule has 3 aromatic rings. The zero-order valence-corrected chi connectivity index (χ0v) is 22.2. The fraction of sp³-hybridized carbons (Fsp3) is 0.160. The highest BCUT2D eigenvalue weighted by atomic mass is 127. The molecule has 6 nitrogen and oxygen atoms in total. The van der Waals surface area contributed by atoms with E-state index in [2.05, 4.69) is 22.6 Å². The van der Waals surface area contributed by atoms with E-state index in [1.54, 1.807) is 24.0 Å². The third-order valence-corrected chi connectivity index (χ3v) is 7.09. The molecular weight excluding hydrogens is 585 g/mol. The number of rotatable bonds is 7. The number of ether oxygens (including phenoxy) is 3. The van der Waals surface area contributed by atoms with Crippen LogP contribution in [0.1, 0.15) is 12.5 Å². The molecule has 0 atom stereocenters. The molecule has 1 amide bonds. The molecule has 0 N–H and O–H groups in total. The van der Waals surface area contributed by atoms with Crippen LogP contribution in [0.3, 0.4) is 0 Å². The minimum atomic E-state index is -0.457. The summed E-state index contributed by atoms with van der Waals surface area (Å²) in [7, 11) is 1.52. The van der Waals surface area contributed by atoms with E-state index in [-0.39, 0.29) is 19.1 Å². The van der Waals surface area contributed by atoms with Gasteiger partial charge in [-0.15, -0.1) is 0 Å². The van der Waals surface area contributed by atoms with Gasteiger partial charge in [0.25, 0.3) is 5.91 Å². The fourth-order valence-corrected chi connectivity index (χ4v) is 5.59. The minimum absolute atomic E-state index is 0.178. The lowest BCUT2D eigenvalue weighted by molar-refractivity contribution is -0.145. The summed E-state index contributed by atoms with van der Waals surface area (Å²) in [4.78, 5) is 27.1. The van der Waals surface area contributed by atoms with Crippen LogP contribution in [0.25, 0.3) is 16.8 Å². The van der Waals surface area contributed by atoms with Crippen molar-refractivity contribution in [1.29, 1.82) is 0 Å². The SMILES string of the molecule is CCOC(=O)COc1c(I)cc(/C=C2\SC(=S)N(c3cccc4ccccc34)C2=O)cc1OC. The van der Waals surface area contributed by atoms with Gasteiger partial charge in [0.05, 0.1) is 27.9 Å². The van der Waals surface area contributed by atoms with Crippen LogP contribution in [0.5, 0.6) is 11.5 Å². The first-order valence-electron chi connectivity index (χ1n) is 10.3. The highest BCUT2D eigenvalue weighted by Crippen LogP contribution is 2.40. The Morgan fingerprint density at radius 3 is 2.71 bits per heavy atom. The van der Waals surface area contributed by atoms with Gasteiger partial charge in [0.15, 0.2) is 22.4 Å².